The van der Waals surface area contributed by atoms with E-state index in [0.29, 0.717) is 22.9 Å². The van der Waals surface area contributed by atoms with E-state index in [1.165, 1.54) is 0 Å². The summed E-state index contributed by atoms with van der Waals surface area (Å²) in [5, 5.41) is 13.7. The first-order valence-corrected chi connectivity index (χ1v) is 5.86. The lowest BCUT2D eigenvalue weighted by atomic mass is 10.2. The van der Waals surface area contributed by atoms with E-state index in [1.807, 2.05) is 0 Å². The first-order chi connectivity index (χ1) is 9.65. The van der Waals surface area contributed by atoms with Crippen molar-refractivity contribution in [2.24, 2.45) is 0 Å². The molecule has 0 fully saturated rings. The minimum absolute atomic E-state index is 0.0819. The van der Waals surface area contributed by atoms with E-state index in [0.717, 1.165) is 0 Å². The highest BCUT2D eigenvalue weighted by atomic mass is 16.5. The van der Waals surface area contributed by atoms with Gasteiger partial charge >= 0.3 is 0 Å². The Morgan fingerprint density at radius 2 is 2.05 bits per heavy atom. The summed E-state index contributed by atoms with van der Waals surface area (Å²) >= 11 is 0. The summed E-state index contributed by atoms with van der Waals surface area (Å²) in [4.78, 5) is 12.4. The van der Waals surface area contributed by atoms with Gasteiger partial charge < -0.3 is 15.4 Å². The van der Waals surface area contributed by atoms with Crippen molar-refractivity contribution in [2.75, 3.05) is 5.73 Å². The second-order valence-electron chi connectivity index (χ2n) is 4.16. The lowest BCUT2D eigenvalue weighted by Gasteiger charge is -2.01. The molecule has 0 aliphatic carbocycles. The van der Waals surface area contributed by atoms with Crippen LogP contribution < -0.4 is 5.73 Å². The second kappa shape index (κ2) is 4.61. The normalized spacial score (nSPS) is 10.7. The summed E-state index contributed by atoms with van der Waals surface area (Å²) in [7, 11) is 0. The monoisotopic (exact) mass is 269 g/mol. The molecule has 1 aromatic carbocycles. The number of aromatic nitrogens is 4. The molecule has 3 N–H and O–H groups in total. The maximum atomic E-state index is 9.90. The molecule has 0 amide bonds. The number of phenolic OH excluding ortho intramolecular Hbond substituents is 1. The van der Waals surface area contributed by atoms with E-state index < -0.39 is 0 Å². The predicted molar refractivity (Wildman–Crippen MR) is 71.6 cm³/mol. The van der Waals surface area contributed by atoms with Crippen LogP contribution in [0.3, 0.4) is 0 Å². The second-order valence-corrected chi connectivity index (χ2v) is 4.16. The van der Waals surface area contributed by atoms with Crippen molar-refractivity contribution in [3.63, 3.8) is 0 Å². The van der Waals surface area contributed by atoms with Gasteiger partial charge in [0.05, 0.1) is 11.3 Å². The van der Waals surface area contributed by atoms with Crippen LogP contribution in [0.2, 0.25) is 0 Å². The molecule has 3 aromatic rings. The molecule has 100 valence electrons. The molecule has 0 spiro atoms. The standard InChI is InChI=1S/C13H11N5O2/c1-7-15-6-5-10(16-7)12-17-13(20-18-12)8-3-2-4-9(14)11(8)19/h2-6,19H,14H2,1H3. The molecule has 0 bridgehead atoms. The SMILES string of the molecule is Cc1nccc(-c2noc(-c3cccc(N)c3O)n2)n1. The van der Waals surface area contributed by atoms with Crippen molar-refractivity contribution in [3.8, 4) is 28.7 Å². The van der Waals surface area contributed by atoms with Gasteiger partial charge in [-0.2, -0.15) is 4.98 Å². The van der Waals surface area contributed by atoms with Gasteiger partial charge in [0.1, 0.15) is 11.5 Å². The van der Waals surface area contributed by atoms with Crippen LogP contribution in [0.15, 0.2) is 35.0 Å². The molecule has 0 unspecified atom stereocenters. The van der Waals surface area contributed by atoms with Crippen molar-refractivity contribution >= 4 is 5.69 Å². The summed E-state index contributed by atoms with van der Waals surface area (Å²) < 4.78 is 5.14. The fourth-order valence-corrected chi connectivity index (χ4v) is 1.75. The highest BCUT2D eigenvalue weighted by Gasteiger charge is 2.16. The van der Waals surface area contributed by atoms with Crippen molar-refractivity contribution in [2.45, 2.75) is 6.92 Å². The topological polar surface area (TPSA) is 111 Å². The Hall–Kier alpha value is -2.96. The zero-order valence-electron chi connectivity index (χ0n) is 10.6. The number of para-hydroxylation sites is 1. The Bertz CT molecular complexity index is 769. The summed E-state index contributed by atoms with van der Waals surface area (Å²) in [5.74, 6) is 1.04. The Morgan fingerprint density at radius 1 is 1.20 bits per heavy atom. The molecule has 0 aliphatic rings. The average Bonchev–Trinajstić information content (AvgIpc) is 2.91. The van der Waals surface area contributed by atoms with E-state index in [9.17, 15) is 5.11 Å². The lowest BCUT2D eigenvalue weighted by Crippen LogP contribution is -1.91. The van der Waals surface area contributed by atoms with Crippen LogP contribution in [0.25, 0.3) is 23.0 Å². The van der Waals surface area contributed by atoms with Gasteiger partial charge in [0.25, 0.3) is 5.89 Å². The molecule has 0 radical (unpaired) electrons. The fraction of sp³-hybridized carbons (Fsp3) is 0.0769. The Balaban J connectivity index is 2.04. The number of hydrogen-bond donors (Lipinski definition) is 2. The number of nitrogens with two attached hydrogens (primary N) is 1. The summed E-state index contributed by atoms with van der Waals surface area (Å²) in [6.45, 7) is 1.77. The third-order valence-electron chi connectivity index (χ3n) is 2.73. The van der Waals surface area contributed by atoms with Gasteiger partial charge in [-0.1, -0.05) is 11.2 Å². The number of hydrogen-bond acceptors (Lipinski definition) is 7. The summed E-state index contributed by atoms with van der Waals surface area (Å²) in [5.41, 5.74) is 6.82. The molecule has 20 heavy (non-hydrogen) atoms. The Morgan fingerprint density at radius 3 is 2.85 bits per heavy atom. The number of aromatic hydroxyl groups is 1. The average molecular weight is 269 g/mol. The molecule has 7 heteroatoms. The largest absolute Gasteiger partial charge is 0.505 e. The highest BCUT2D eigenvalue weighted by Crippen LogP contribution is 2.33. The van der Waals surface area contributed by atoms with E-state index in [1.54, 1.807) is 37.4 Å². The smallest absolute Gasteiger partial charge is 0.262 e. The number of phenols is 1. The van der Waals surface area contributed by atoms with E-state index in [-0.39, 0.29) is 17.3 Å². The molecule has 0 aliphatic heterocycles. The maximum absolute atomic E-state index is 9.90. The third kappa shape index (κ3) is 2.05. The molecule has 0 atom stereocenters. The van der Waals surface area contributed by atoms with Gasteiger partial charge in [-0.3, -0.25) is 0 Å². The highest BCUT2D eigenvalue weighted by molar-refractivity contribution is 5.72. The van der Waals surface area contributed by atoms with Crippen LogP contribution >= 0.6 is 0 Å². The van der Waals surface area contributed by atoms with Crippen LogP contribution in [0, 0.1) is 6.92 Å². The Labute approximate surface area is 114 Å². The molecular weight excluding hydrogens is 258 g/mol. The first kappa shape index (κ1) is 12.1. The molecule has 2 aromatic heterocycles. The van der Waals surface area contributed by atoms with E-state index in [2.05, 4.69) is 20.1 Å². The van der Waals surface area contributed by atoms with Gasteiger partial charge in [0, 0.05) is 6.20 Å². The van der Waals surface area contributed by atoms with Crippen molar-refractivity contribution in [1.29, 1.82) is 0 Å². The number of anilines is 1. The first-order valence-electron chi connectivity index (χ1n) is 5.86. The van der Waals surface area contributed by atoms with Crippen molar-refractivity contribution in [3.05, 3.63) is 36.3 Å². The number of benzene rings is 1. The molecule has 0 saturated heterocycles. The number of aryl methyl sites for hydroxylation is 1. The fourth-order valence-electron chi connectivity index (χ4n) is 1.75. The zero-order chi connectivity index (χ0) is 14.1. The van der Waals surface area contributed by atoms with Gasteiger partial charge in [-0.05, 0) is 25.1 Å². The summed E-state index contributed by atoms with van der Waals surface area (Å²) in [6.07, 6.45) is 1.62. The number of rotatable bonds is 2. The maximum Gasteiger partial charge on any atom is 0.262 e. The zero-order valence-corrected chi connectivity index (χ0v) is 10.6. The molecule has 0 saturated carbocycles. The Kier molecular flexibility index (Phi) is 2.79. The molecular formula is C13H11N5O2. The van der Waals surface area contributed by atoms with E-state index in [4.69, 9.17) is 10.3 Å². The third-order valence-corrected chi connectivity index (χ3v) is 2.73. The van der Waals surface area contributed by atoms with Crippen LogP contribution in [0.5, 0.6) is 5.75 Å². The van der Waals surface area contributed by atoms with Crippen LogP contribution in [0.4, 0.5) is 5.69 Å². The molecule has 3 rings (SSSR count). The van der Waals surface area contributed by atoms with E-state index >= 15 is 0 Å². The van der Waals surface area contributed by atoms with Crippen LogP contribution in [-0.4, -0.2) is 25.2 Å². The van der Waals surface area contributed by atoms with Gasteiger partial charge in [0.2, 0.25) is 5.82 Å². The van der Waals surface area contributed by atoms with Crippen LogP contribution in [0.1, 0.15) is 5.82 Å². The van der Waals surface area contributed by atoms with Crippen molar-refractivity contribution in [1.82, 2.24) is 20.1 Å². The molecule has 2 heterocycles. The number of nitrogen functional groups attached to an aromatic ring is 1. The van der Waals surface area contributed by atoms with Crippen LogP contribution in [-0.2, 0) is 0 Å². The van der Waals surface area contributed by atoms with Gasteiger partial charge in [-0.25, -0.2) is 9.97 Å². The number of nitrogens with zero attached hydrogens (tertiary/aromatic N) is 4. The quantitative estimate of drug-likeness (QED) is 0.538. The predicted octanol–water partition coefficient (Wildman–Crippen LogP) is 1.79. The van der Waals surface area contributed by atoms with Gasteiger partial charge in [0.15, 0.2) is 5.75 Å². The van der Waals surface area contributed by atoms with Gasteiger partial charge in [-0.15, -0.1) is 0 Å². The molecule has 7 nitrogen and oxygen atoms in total. The van der Waals surface area contributed by atoms with Crippen molar-refractivity contribution < 1.29 is 9.63 Å². The summed E-state index contributed by atoms with van der Waals surface area (Å²) in [6, 6.07) is 6.61. The minimum Gasteiger partial charge on any atom is -0.505 e. The lowest BCUT2D eigenvalue weighted by molar-refractivity contribution is 0.426. The minimum atomic E-state index is -0.0819.